The van der Waals surface area contributed by atoms with Crippen LogP contribution in [0, 0.1) is 20.8 Å². The molecule has 0 aliphatic heterocycles. The lowest BCUT2D eigenvalue weighted by atomic mass is 9.90. The molecular weight excluding hydrogens is 500 g/mol. The molecule has 0 bridgehead atoms. The molecule has 5 heteroatoms. The van der Waals surface area contributed by atoms with Crippen molar-refractivity contribution in [3.63, 3.8) is 0 Å². The zero-order valence-corrected chi connectivity index (χ0v) is 23.6. The zero-order valence-electron chi connectivity index (χ0n) is 23.6. The van der Waals surface area contributed by atoms with Crippen molar-refractivity contribution in [3.05, 3.63) is 112 Å². The maximum absolute atomic E-state index is 12.0. The smallest absolute Gasteiger partial charge is 0.332 e. The number of methoxy groups -OCH3 is 1. The van der Waals surface area contributed by atoms with Gasteiger partial charge in [0.15, 0.2) is 6.79 Å². The fourth-order valence-electron chi connectivity index (χ4n) is 5.73. The van der Waals surface area contributed by atoms with Gasteiger partial charge in [-0.1, -0.05) is 55.5 Å². The van der Waals surface area contributed by atoms with Gasteiger partial charge in [-0.15, -0.1) is 0 Å². The Hall–Kier alpha value is -4.35. The first-order valence-corrected chi connectivity index (χ1v) is 13.5. The summed E-state index contributed by atoms with van der Waals surface area (Å²) in [6.45, 7) is 8.86. The van der Waals surface area contributed by atoms with Gasteiger partial charge in [0, 0.05) is 18.3 Å². The molecule has 0 atom stereocenters. The standard InChI is InChI=1S/C35H34O5/c1-6-27(35(36)37)34-30-12-8-7-11-29(30)32-18-25(14-15-31(32)34)39-19-24-10-9-13-28(23(24)4)33-21(2)16-26(17-22(33)3)40-20-38-5/h7-18H,6,19-20H2,1-5H3,(H,36,37)/b34-27-. The van der Waals surface area contributed by atoms with E-state index < -0.39 is 5.97 Å². The Morgan fingerprint density at radius 3 is 2.10 bits per heavy atom. The SMILES string of the molecule is CC/C(C(=O)O)=C1\c2ccccc2-c2cc(OCc3cccc(-c4c(C)cc(OCOC)cc4C)c3C)ccc21. The summed E-state index contributed by atoms with van der Waals surface area (Å²) in [6.07, 6.45) is 0.453. The van der Waals surface area contributed by atoms with Gasteiger partial charge in [0.25, 0.3) is 0 Å². The van der Waals surface area contributed by atoms with Gasteiger partial charge in [0.1, 0.15) is 18.1 Å². The molecule has 5 nitrogen and oxygen atoms in total. The molecule has 0 heterocycles. The number of fused-ring (bicyclic) bond motifs is 3. The summed E-state index contributed by atoms with van der Waals surface area (Å²) in [5.41, 5.74) is 12.1. The summed E-state index contributed by atoms with van der Waals surface area (Å²) in [6, 6.07) is 24.4. The number of ether oxygens (including phenoxy) is 3. The number of carbonyl (C=O) groups is 1. The van der Waals surface area contributed by atoms with Gasteiger partial charge in [-0.2, -0.15) is 0 Å². The van der Waals surface area contributed by atoms with Crippen LogP contribution in [0.5, 0.6) is 11.5 Å². The Balaban J connectivity index is 1.45. The van der Waals surface area contributed by atoms with Crippen LogP contribution in [0.25, 0.3) is 27.8 Å². The van der Waals surface area contributed by atoms with Gasteiger partial charge in [-0.3, -0.25) is 0 Å². The highest BCUT2D eigenvalue weighted by atomic mass is 16.7. The molecule has 1 aliphatic rings. The average molecular weight is 535 g/mol. The molecule has 0 unspecified atom stereocenters. The van der Waals surface area contributed by atoms with Crippen molar-refractivity contribution >= 4 is 11.5 Å². The van der Waals surface area contributed by atoms with E-state index in [4.69, 9.17) is 14.2 Å². The molecule has 1 aliphatic carbocycles. The molecule has 40 heavy (non-hydrogen) atoms. The Labute approximate surface area is 235 Å². The second kappa shape index (κ2) is 11.4. The number of hydrogen-bond donors (Lipinski definition) is 1. The van der Waals surface area contributed by atoms with E-state index in [1.165, 1.54) is 16.7 Å². The molecule has 204 valence electrons. The van der Waals surface area contributed by atoms with E-state index >= 15 is 0 Å². The van der Waals surface area contributed by atoms with E-state index in [0.29, 0.717) is 18.6 Å². The third-order valence-corrected chi connectivity index (χ3v) is 7.62. The minimum atomic E-state index is -0.876. The van der Waals surface area contributed by atoms with Crippen molar-refractivity contribution < 1.29 is 24.1 Å². The highest BCUT2D eigenvalue weighted by Gasteiger charge is 2.28. The van der Waals surface area contributed by atoms with Crippen LogP contribution in [0.2, 0.25) is 0 Å². The molecule has 0 radical (unpaired) electrons. The summed E-state index contributed by atoms with van der Waals surface area (Å²) < 4.78 is 17.0. The summed E-state index contributed by atoms with van der Waals surface area (Å²) >= 11 is 0. The Kier molecular flexibility index (Phi) is 7.76. The third-order valence-electron chi connectivity index (χ3n) is 7.62. The van der Waals surface area contributed by atoms with Crippen LogP contribution in [0.4, 0.5) is 0 Å². The van der Waals surface area contributed by atoms with Crippen LogP contribution in [0.15, 0.2) is 78.4 Å². The van der Waals surface area contributed by atoms with Crippen molar-refractivity contribution in [1.29, 1.82) is 0 Å². The Morgan fingerprint density at radius 2 is 1.43 bits per heavy atom. The number of aryl methyl sites for hydroxylation is 2. The molecule has 5 rings (SSSR count). The van der Waals surface area contributed by atoms with Gasteiger partial charge in [-0.25, -0.2) is 4.79 Å². The molecule has 0 fully saturated rings. The topological polar surface area (TPSA) is 65.0 Å². The molecule has 0 spiro atoms. The van der Waals surface area contributed by atoms with Gasteiger partial charge in [-0.05, 0) is 107 Å². The second-order valence-electron chi connectivity index (χ2n) is 10.1. The van der Waals surface area contributed by atoms with Crippen molar-refractivity contribution in [1.82, 2.24) is 0 Å². The van der Waals surface area contributed by atoms with E-state index in [-0.39, 0.29) is 6.79 Å². The van der Waals surface area contributed by atoms with Crippen LogP contribution in [-0.2, 0) is 16.1 Å². The lowest BCUT2D eigenvalue weighted by molar-refractivity contribution is -0.132. The first-order chi connectivity index (χ1) is 19.3. The van der Waals surface area contributed by atoms with Crippen molar-refractivity contribution in [2.75, 3.05) is 13.9 Å². The van der Waals surface area contributed by atoms with Crippen LogP contribution in [0.1, 0.15) is 46.7 Å². The fourth-order valence-corrected chi connectivity index (χ4v) is 5.73. The van der Waals surface area contributed by atoms with Gasteiger partial charge in [0.05, 0.1) is 0 Å². The fraction of sp³-hybridized carbons (Fsp3) is 0.229. The van der Waals surface area contributed by atoms with Crippen LogP contribution in [0.3, 0.4) is 0 Å². The maximum atomic E-state index is 12.0. The minimum absolute atomic E-state index is 0.218. The van der Waals surface area contributed by atoms with Gasteiger partial charge in [0.2, 0.25) is 0 Å². The molecule has 0 saturated heterocycles. The highest BCUT2D eigenvalue weighted by Crippen LogP contribution is 2.47. The molecule has 0 aromatic heterocycles. The lowest BCUT2D eigenvalue weighted by Crippen LogP contribution is -2.03. The van der Waals surface area contributed by atoms with Crippen molar-refractivity contribution in [2.24, 2.45) is 0 Å². The number of benzene rings is 4. The van der Waals surface area contributed by atoms with Crippen LogP contribution >= 0.6 is 0 Å². The maximum Gasteiger partial charge on any atom is 0.332 e. The monoisotopic (exact) mass is 534 g/mol. The third kappa shape index (κ3) is 5.01. The van der Waals surface area contributed by atoms with Crippen LogP contribution < -0.4 is 9.47 Å². The average Bonchev–Trinajstić information content (AvgIpc) is 3.25. The predicted octanol–water partition coefficient (Wildman–Crippen LogP) is 8.12. The van der Waals surface area contributed by atoms with E-state index in [1.807, 2.05) is 61.5 Å². The van der Waals surface area contributed by atoms with Crippen molar-refractivity contribution in [2.45, 2.75) is 40.7 Å². The highest BCUT2D eigenvalue weighted by molar-refractivity contribution is 6.09. The number of hydrogen-bond acceptors (Lipinski definition) is 4. The first-order valence-electron chi connectivity index (χ1n) is 13.5. The Morgan fingerprint density at radius 1 is 0.750 bits per heavy atom. The summed E-state index contributed by atoms with van der Waals surface area (Å²) in [5, 5.41) is 9.87. The number of carboxylic acids is 1. The molecular formula is C35H34O5. The van der Waals surface area contributed by atoms with E-state index in [0.717, 1.165) is 56.0 Å². The molecule has 0 amide bonds. The number of aliphatic carboxylic acids is 1. The Bertz CT molecular complexity index is 1610. The molecule has 4 aromatic rings. The summed E-state index contributed by atoms with van der Waals surface area (Å²) in [5.74, 6) is 0.668. The zero-order chi connectivity index (χ0) is 28.4. The second-order valence-corrected chi connectivity index (χ2v) is 10.1. The minimum Gasteiger partial charge on any atom is -0.489 e. The van der Waals surface area contributed by atoms with Crippen LogP contribution in [-0.4, -0.2) is 25.0 Å². The number of rotatable bonds is 9. The lowest BCUT2D eigenvalue weighted by Gasteiger charge is -2.18. The van der Waals surface area contributed by atoms with Gasteiger partial charge >= 0.3 is 5.97 Å². The molecule has 0 saturated carbocycles. The number of carboxylic acid groups (broad SMARTS) is 1. The molecule has 1 N–H and O–H groups in total. The van der Waals surface area contributed by atoms with E-state index in [9.17, 15) is 9.90 Å². The normalized spacial score (nSPS) is 13.0. The first kappa shape index (κ1) is 27.2. The molecule has 4 aromatic carbocycles. The van der Waals surface area contributed by atoms with Crippen molar-refractivity contribution in [3.8, 4) is 33.8 Å². The van der Waals surface area contributed by atoms with E-state index in [1.54, 1.807) is 7.11 Å². The largest absolute Gasteiger partial charge is 0.489 e. The van der Waals surface area contributed by atoms with Gasteiger partial charge < -0.3 is 19.3 Å². The predicted molar refractivity (Wildman–Crippen MR) is 159 cm³/mol. The summed E-state index contributed by atoms with van der Waals surface area (Å²) in [7, 11) is 1.61. The summed E-state index contributed by atoms with van der Waals surface area (Å²) in [4.78, 5) is 12.0. The quantitative estimate of drug-likeness (QED) is 0.153. The van der Waals surface area contributed by atoms with E-state index in [2.05, 4.69) is 39.0 Å².